The molecule has 0 N–H and O–H groups in total. The Balaban J connectivity index is 1.12. The van der Waals surface area contributed by atoms with Crippen molar-refractivity contribution in [1.29, 1.82) is 0 Å². The van der Waals surface area contributed by atoms with Crippen LogP contribution in [0.4, 0.5) is 0 Å². The van der Waals surface area contributed by atoms with Crippen LogP contribution >= 0.6 is 15.9 Å². The summed E-state index contributed by atoms with van der Waals surface area (Å²) in [5.74, 6) is 0.645. The van der Waals surface area contributed by atoms with Gasteiger partial charge in [-0.05, 0) is 73.7 Å². The number of rotatable bonds is 7. The highest BCUT2D eigenvalue weighted by atomic mass is 79.9. The third kappa shape index (κ3) is 5.51. The lowest BCUT2D eigenvalue weighted by Gasteiger charge is -2.39. The maximum atomic E-state index is 13.6. The van der Waals surface area contributed by atoms with E-state index in [4.69, 9.17) is 0 Å². The molecule has 0 bridgehead atoms. The van der Waals surface area contributed by atoms with Gasteiger partial charge in [0.2, 0.25) is 15.9 Å². The summed E-state index contributed by atoms with van der Waals surface area (Å²) in [4.78, 5) is 18.4. The largest absolute Gasteiger partial charge is 0.338 e. The lowest BCUT2D eigenvalue weighted by Crippen LogP contribution is -2.46. The fourth-order valence-electron chi connectivity index (χ4n) is 6.85. The molecule has 1 spiro atoms. The summed E-state index contributed by atoms with van der Waals surface area (Å²) in [5.41, 5.74) is 2.11. The molecular weight excluding hydrogens is 586 g/mol. The van der Waals surface area contributed by atoms with Crippen molar-refractivity contribution in [2.75, 3.05) is 39.3 Å². The number of benzene rings is 3. The second-order valence-electron chi connectivity index (χ2n) is 11.6. The molecular formula is C32H36BrN3O3S. The van der Waals surface area contributed by atoms with Gasteiger partial charge < -0.3 is 9.80 Å². The molecule has 0 aliphatic carbocycles. The first kappa shape index (κ1) is 27.6. The zero-order valence-electron chi connectivity index (χ0n) is 22.7. The summed E-state index contributed by atoms with van der Waals surface area (Å²) in [6.45, 7) is 5.09. The van der Waals surface area contributed by atoms with Gasteiger partial charge in [0.1, 0.15) is 0 Å². The summed E-state index contributed by atoms with van der Waals surface area (Å²) in [5, 5.41) is 0. The van der Waals surface area contributed by atoms with Gasteiger partial charge in [0, 0.05) is 43.1 Å². The Morgan fingerprint density at radius 1 is 0.800 bits per heavy atom. The van der Waals surface area contributed by atoms with E-state index in [-0.39, 0.29) is 17.3 Å². The Hall–Kier alpha value is -2.52. The molecule has 3 aliphatic heterocycles. The first-order chi connectivity index (χ1) is 19.3. The van der Waals surface area contributed by atoms with Gasteiger partial charge in [-0.25, -0.2) is 8.42 Å². The molecule has 0 saturated carbocycles. The van der Waals surface area contributed by atoms with Gasteiger partial charge in [-0.2, -0.15) is 4.31 Å². The van der Waals surface area contributed by atoms with Gasteiger partial charge in [-0.15, -0.1) is 0 Å². The molecule has 6 rings (SSSR count). The van der Waals surface area contributed by atoms with Crippen LogP contribution < -0.4 is 0 Å². The SMILES string of the molecule is O=C1N(Cc2ccc(Br)cc2)CCC12CCN(C[C@H]1CN(S(=O)(=O)c3ccccc3)C[C@@H]1c1ccccc1)CC2. The van der Waals surface area contributed by atoms with Gasteiger partial charge in [0.15, 0.2) is 0 Å². The highest BCUT2D eigenvalue weighted by molar-refractivity contribution is 9.10. The molecule has 3 heterocycles. The molecule has 2 atom stereocenters. The highest BCUT2D eigenvalue weighted by Gasteiger charge is 2.49. The number of nitrogens with zero attached hydrogens (tertiary/aromatic N) is 3. The van der Waals surface area contributed by atoms with Crippen molar-refractivity contribution < 1.29 is 13.2 Å². The fourth-order valence-corrected chi connectivity index (χ4v) is 8.65. The van der Waals surface area contributed by atoms with E-state index in [0.717, 1.165) is 55.5 Å². The summed E-state index contributed by atoms with van der Waals surface area (Å²) in [6.07, 6.45) is 2.67. The molecule has 6 nitrogen and oxygen atoms in total. The van der Waals surface area contributed by atoms with Crippen LogP contribution in [-0.4, -0.2) is 67.7 Å². The number of likely N-dealkylation sites (tertiary alicyclic amines) is 2. The predicted octanol–water partition coefficient (Wildman–Crippen LogP) is 5.37. The maximum Gasteiger partial charge on any atom is 0.243 e. The zero-order chi connectivity index (χ0) is 27.7. The number of carbonyl (C=O) groups is 1. The number of hydrogen-bond acceptors (Lipinski definition) is 4. The molecule has 3 aromatic carbocycles. The molecule has 8 heteroatoms. The Morgan fingerprint density at radius 3 is 2.10 bits per heavy atom. The highest BCUT2D eigenvalue weighted by Crippen LogP contribution is 2.43. The lowest BCUT2D eigenvalue weighted by atomic mass is 9.76. The summed E-state index contributed by atoms with van der Waals surface area (Å²) in [7, 11) is -3.55. The predicted molar refractivity (Wildman–Crippen MR) is 160 cm³/mol. The van der Waals surface area contributed by atoms with Crippen LogP contribution in [0.2, 0.25) is 0 Å². The zero-order valence-corrected chi connectivity index (χ0v) is 25.1. The second-order valence-corrected chi connectivity index (χ2v) is 14.5. The molecule has 3 saturated heterocycles. The minimum absolute atomic E-state index is 0.144. The third-order valence-corrected chi connectivity index (χ3v) is 11.6. The van der Waals surface area contributed by atoms with E-state index >= 15 is 0 Å². The first-order valence-corrected chi connectivity index (χ1v) is 16.4. The van der Waals surface area contributed by atoms with Gasteiger partial charge in [0.05, 0.1) is 10.3 Å². The summed E-state index contributed by atoms with van der Waals surface area (Å²) < 4.78 is 29.7. The molecule has 3 fully saturated rings. The maximum absolute atomic E-state index is 13.6. The first-order valence-electron chi connectivity index (χ1n) is 14.2. The van der Waals surface area contributed by atoms with E-state index in [1.165, 1.54) is 5.56 Å². The number of amides is 1. The topological polar surface area (TPSA) is 60.9 Å². The van der Waals surface area contributed by atoms with E-state index < -0.39 is 10.0 Å². The molecule has 210 valence electrons. The molecule has 3 aliphatic rings. The quantitative estimate of drug-likeness (QED) is 0.356. The van der Waals surface area contributed by atoms with Crippen LogP contribution in [0.1, 0.15) is 36.3 Å². The number of carbonyl (C=O) groups excluding carboxylic acids is 1. The number of halogens is 1. The molecule has 0 radical (unpaired) electrons. The normalized spacial score (nSPS) is 23.7. The van der Waals surface area contributed by atoms with E-state index in [1.807, 2.05) is 41.3 Å². The van der Waals surface area contributed by atoms with E-state index in [1.54, 1.807) is 28.6 Å². The molecule has 0 unspecified atom stereocenters. The Morgan fingerprint density at radius 2 is 1.43 bits per heavy atom. The van der Waals surface area contributed by atoms with Crippen molar-refractivity contribution in [2.45, 2.75) is 36.6 Å². The standard InChI is InChI=1S/C32H36BrN3O3S/c33-28-13-11-25(12-14-28)21-35-20-17-32(31(35)37)15-18-34(19-16-32)22-27-23-36(24-30(27)26-7-3-1-4-8-26)40(38,39)29-9-5-2-6-10-29/h1-14,27,30H,15-24H2/t27-,30+/m0/s1. The van der Waals surface area contributed by atoms with Crippen LogP contribution in [0.15, 0.2) is 94.3 Å². The minimum Gasteiger partial charge on any atom is -0.338 e. The molecule has 3 aromatic rings. The average molecular weight is 623 g/mol. The molecule has 40 heavy (non-hydrogen) atoms. The lowest BCUT2D eigenvalue weighted by molar-refractivity contribution is -0.139. The Bertz CT molecular complexity index is 1430. The van der Waals surface area contributed by atoms with Crippen molar-refractivity contribution in [3.8, 4) is 0 Å². The van der Waals surface area contributed by atoms with Crippen LogP contribution in [0.5, 0.6) is 0 Å². The van der Waals surface area contributed by atoms with Gasteiger partial charge in [0.25, 0.3) is 0 Å². The monoisotopic (exact) mass is 621 g/mol. The smallest absolute Gasteiger partial charge is 0.243 e. The van der Waals surface area contributed by atoms with Crippen LogP contribution in [0.25, 0.3) is 0 Å². The van der Waals surface area contributed by atoms with Crippen molar-refractivity contribution in [1.82, 2.24) is 14.1 Å². The summed E-state index contributed by atoms with van der Waals surface area (Å²) >= 11 is 3.49. The van der Waals surface area contributed by atoms with Gasteiger partial charge in [-0.3, -0.25) is 4.79 Å². The number of sulfonamides is 1. The molecule has 1 amide bonds. The Labute approximate surface area is 246 Å². The van der Waals surface area contributed by atoms with Gasteiger partial charge >= 0.3 is 0 Å². The van der Waals surface area contributed by atoms with E-state index in [0.29, 0.717) is 30.4 Å². The van der Waals surface area contributed by atoms with Crippen LogP contribution in [-0.2, 0) is 21.4 Å². The summed E-state index contributed by atoms with van der Waals surface area (Å²) in [6, 6.07) is 27.3. The van der Waals surface area contributed by atoms with E-state index in [9.17, 15) is 13.2 Å². The van der Waals surface area contributed by atoms with Gasteiger partial charge in [-0.1, -0.05) is 76.6 Å². The van der Waals surface area contributed by atoms with Crippen LogP contribution in [0.3, 0.4) is 0 Å². The number of hydrogen-bond donors (Lipinski definition) is 0. The van der Waals surface area contributed by atoms with Crippen molar-refractivity contribution in [2.24, 2.45) is 11.3 Å². The third-order valence-electron chi connectivity index (χ3n) is 9.21. The molecule has 0 aromatic heterocycles. The fraction of sp³-hybridized carbons (Fsp3) is 0.406. The number of piperidine rings is 1. The van der Waals surface area contributed by atoms with Crippen molar-refractivity contribution >= 4 is 31.9 Å². The average Bonchev–Trinajstić information content (AvgIpc) is 3.54. The van der Waals surface area contributed by atoms with E-state index in [2.05, 4.69) is 45.1 Å². The minimum atomic E-state index is -3.55. The van der Waals surface area contributed by atoms with Crippen molar-refractivity contribution in [3.05, 3.63) is 101 Å². The second kappa shape index (κ2) is 11.4. The Kier molecular flexibility index (Phi) is 7.87. The van der Waals surface area contributed by atoms with Crippen molar-refractivity contribution in [3.63, 3.8) is 0 Å². The van der Waals surface area contributed by atoms with Crippen LogP contribution in [0, 0.1) is 11.3 Å².